The van der Waals surface area contributed by atoms with Gasteiger partial charge in [0.25, 0.3) is 0 Å². The summed E-state index contributed by atoms with van der Waals surface area (Å²) in [5.41, 5.74) is 0.990. The van der Waals surface area contributed by atoms with Gasteiger partial charge in [0.15, 0.2) is 0 Å². The molecule has 22 heavy (non-hydrogen) atoms. The van der Waals surface area contributed by atoms with E-state index in [-0.39, 0.29) is 22.7 Å². The van der Waals surface area contributed by atoms with Crippen molar-refractivity contribution >= 4 is 16.0 Å². The first-order valence-electron chi connectivity index (χ1n) is 6.70. The second-order valence-corrected chi connectivity index (χ2v) is 6.68. The van der Waals surface area contributed by atoms with Gasteiger partial charge in [-0.2, -0.15) is 5.10 Å². The number of pyridine rings is 1. The zero-order chi connectivity index (χ0) is 15.7. The van der Waals surface area contributed by atoms with Crippen LogP contribution in [-0.2, 0) is 29.5 Å². The highest BCUT2D eigenvalue weighted by Crippen LogP contribution is 2.22. The van der Waals surface area contributed by atoms with Crippen molar-refractivity contribution in [1.29, 1.82) is 0 Å². The van der Waals surface area contributed by atoms with Crippen molar-refractivity contribution in [2.75, 3.05) is 0 Å². The normalized spacial score (nSPS) is 14.0. The van der Waals surface area contributed by atoms with Crippen molar-refractivity contribution in [3.05, 3.63) is 41.5 Å². The molecule has 0 spiro atoms. The number of aryl methyl sites for hydroxylation is 1. The molecule has 1 aliphatic rings. The monoisotopic (exact) mass is 322 g/mol. The number of rotatable bonds is 5. The van der Waals surface area contributed by atoms with Gasteiger partial charge in [0.05, 0.1) is 17.9 Å². The lowest BCUT2D eigenvalue weighted by Crippen LogP contribution is -2.24. The number of sulfonamides is 1. The Morgan fingerprint density at radius 3 is 2.95 bits per heavy atom. The fourth-order valence-corrected chi connectivity index (χ4v) is 3.46. The van der Waals surface area contributed by atoms with Crippen molar-refractivity contribution in [3.63, 3.8) is 0 Å². The van der Waals surface area contributed by atoms with E-state index in [0.29, 0.717) is 18.7 Å². The highest BCUT2D eigenvalue weighted by Gasteiger charge is 2.27. The lowest BCUT2D eigenvalue weighted by Gasteiger charge is -2.05. The van der Waals surface area contributed by atoms with Crippen LogP contribution in [0.15, 0.2) is 29.4 Å². The molecule has 0 fully saturated rings. The number of carboxylic acid groups (broad SMARTS) is 1. The number of hydrogen-bond acceptors (Lipinski definition) is 5. The SMILES string of the molecule is O=C(O)c1c(CNS(=O)(=O)c2cccnc2)nn2c1CCC2. The van der Waals surface area contributed by atoms with E-state index < -0.39 is 16.0 Å². The lowest BCUT2D eigenvalue weighted by atomic mass is 10.1. The molecule has 0 radical (unpaired) electrons. The Bertz CT molecular complexity index is 814. The molecule has 1 aliphatic heterocycles. The standard InChI is InChI=1S/C13H14N4O4S/c18-13(19)12-10(16-17-6-2-4-11(12)17)8-15-22(20,21)9-3-1-5-14-7-9/h1,3,5,7,15H,2,4,6,8H2,(H,18,19). The Hall–Kier alpha value is -2.26. The molecule has 9 heteroatoms. The number of aromatic nitrogens is 3. The predicted octanol–water partition coefficient (Wildman–Crippen LogP) is 0.401. The predicted molar refractivity (Wildman–Crippen MR) is 75.8 cm³/mol. The molecule has 116 valence electrons. The first kappa shape index (κ1) is 14.7. The van der Waals surface area contributed by atoms with Crippen LogP contribution < -0.4 is 4.72 Å². The van der Waals surface area contributed by atoms with E-state index in [9.17, 15) is 18.3 Å². The zero-order valence-electron chi connectivity index (χ0n) is 11.6. The van der Waals surface area contributed by atoms with E-state index in [4.69, 9.17) is 0 Å². The van der Waals surface area contributed by atoms with Gasteiger partial charge in [0.2, 0.25) is 10.0 Å². The Balaban J connectivity index is 1.85. The minimum absolute atomic E-state index is 0.0265. The smallest absolute Gasteiger partial charge is 0.339 e. The summed E-state index contributed by atoms with van der Waals surface area (Å²) in [6, 6.07) is 2.93. The Kier molecular flexibility index (Phi) is 3.67. The van der Waals surface area contributed by atoms with Crippen LogP contribution in [0.2, 0.25) is 0 Å². The van der Waals surface area contributed by atoms with Gasteiger partial charge in [-0.25, -0.2) is 17.9 Å². The van der Waals surface area contributed by atoms with Crippen molar-refractivity contribution in [3.8, 4) is 0 Å². The molecule has 0 aliphatic carbocycles. The highest BCUT2D eigenvalue weighted by atomic mass is 32.2. The maximum absolute atomic E-state index is 12.1. The number of hydrogen-bond donors (Lipinski definition) is 2. The Morgan fingerprint density at radius 1 is 1.45 bits per heavy atom. The second-order valence-electron chi connectivity index (χ2n) is 4.91. The van der Waals surface area contributed by atoms with Crippen molar-refractivity contribution in [2.45, 2.75) is 30.8 Å². The maximum atomic E-state index is 12.1. The molecule has 0 saturated carbocycles. The third kappa shape index (κ3) is 2.60. The average molecular weight is 322 g/mol. The molecule has 0 saturated heterocycles. The summed E-state index contributed by atoms with van der Waals surface area (Å²) in [5.74, 6) is -1.08. The molecule has 0 bridgehead atoms. The molecule has 8 nitrogen and oxygen atoms in total. The first-order valence-corrected chi connectivity index (χ1v) is 8.19. The van der Waals surface area contributed by atoms with E-state index in [1.165, 1.54) is 24.5 Å². The zero-order valence-corrected chi connectivity index (χ0v) is 12.4. The summed E-state index contributed by atoms with van der Waals surface area (Å²) in [6.45, 7) is 0.490. The maximum Gasteiger partial charge on any atom is 0.339 e. The van der Waals surface area contributed by atoms with Gasteiger partial charge >= 0.3 is 5.97 Å². The summed E-state index contributed by atoms with van der Waals surface area (Å²) in [5, 5.41) is 13.5. The summed E-state index contributed by atoms with van der Waals surface area (Å²) in [4.78, 5) is 15.2. The summed E-state index contributed by atoms with van der Waals surface area (Å²) in [7, 11) is -3.75. The minimum atomic E-state index is -3.75. The van der Waals surface area contributed by atoms with Gasteiger partial charge in [-0.3, -0.25) is 9.67 Å². The number of carboxylic acids is 1. The quantitative estimate of drug-likeness (QED) is 0.823. The van der Waals surface area contributed by atoms with E-state index in [2.05, 4.69) is 14.8 Å². The summed E-state index contributed by atoms with van der Waals surface area (Å²) >= 11 is 0. The van der Waals surface area contributed by atoms with Gasteiger partial charge in [0.1, 0.15) is 10.5 Å². The van der Waals surface area contributed by atoms with Crippen LogP contribution in [-0.4, -0.2) is 34.3 Å². The van der Waals surface area contributed by atoms with Gasteiger partial charge < -0.3 is 5.11 Å². The molecule has 3 rings (SSSR count). The lowest BCUT2D eigenvalue weighted by molar-refractivity contribution is 0.0694. The Labute approximate surface area is 126 Å². The van der Waals surface area contributed by atoms with Crippen LogP contribution in [0.3, 0.4) is 0 Å². The highest BCUT2D eigenvalue weighted by molar-refractivity contribution is 7.89. The van der Waals surface area contributed by atoms with Crippen LogP contribution in [0.25, 0.3) is 0 Å². The minimum Gasteiger partial charge on any atom is -0.478 e. The number of nitrogens with one attached hydrogen (secondary N) is 1. The molecule has 2 aromatic heterocycles. The topological polar surface area (TPSA) is 114 Å². The third-order valence-electron chi connectivity index (χ3n) is 3.50. The van der Waals surface area contributed by atoms with E-state index in [1.54, 1.807) is 4.68 Å². The molecular formula is C13H14N4O4S. The molecule has 2 aromatic rings. The number of fused-ring (bicyclic) bond motifs is 1. The van der Waals surface area contributed by atoms with Crippen LogP contribution in [0.4, 0.5) is 0 Å². The van der Waals surface area contributed by atoms with E-state index >= 15 is 0 Å². The molecular weight excluding hydrogens is 308 g/mol. The molecule has 0 amide bonds. The molecule has 0 unspecified atom stereocenters. The van der Waals surface area contributed by atoms with E-state index in [0.717, 1.165) is 6.42 Å². The van der Waals surface area contributed by atoms with Crippen molar-refractivity contribution < 1.29 is 18.3 Å². The second kappa shape index (κ2) is 5.50. The molecule has 0 atom stereocenters. The average Bonchev–Trinajstić information content (AvgIpc) is 3.05. The molecule has 2 N–H and O–H groups in total. The van der Waals surface area contributed by atoms with Gasteiger partial charge in [0, 0.05) is 18.9 Å². The number of nitrogens with zero attached hydrogens (tertiary/aromatic N) is 3. The largest absolute Gasteiger partial charge is 0.478 e. The third-order valence-corrected chi connectivity index (χ3v) is 4.89. The van der Waals surface area contributed by atoms with Crippen LogP contribution in [0, 0.1) is 0 Å². The van der Waals surface area contributed by atoms with Crippen LogP contribution >= 0.6 is 0 Å². The Morgan fingerprint density at radius 2 is 2.27 bits per heavy atom. The van der Waals surface area contributed by atoms with E-state index in [1.807, 2.05) is 0 Å². The fourth-order valence-electron chi connectivity index (χ4n) is 2.51. The van der Waals surface area contributed by atoms with Gasteiger partial charge in [-0.1, -0.05) is 0 Å². The van der Waals surface area contributed by atoms with Crippen LogP contribution in [0.5, 0.6) is 0 Å². The van der Waals surface area contributed by atoms with Gasteiger partial charge in [-0.05, 0) is 25.0 Å². The molecule has 0 aromatic carbocycles. The van der Waals surface area contributed by atoms with Crippen LogP contribution in [0.1, 0.15) is 28.2 Å². The fraction of sp³-hybridized carbons (Fsp3) is 0.308. The number of aromatic carboxylic acids is 1. The molecule has 3 heterocycles. The van der Waals surface area contributed by atoms with Gasteiger partial charge in [-0.15, -0.1) is 0 Å². The summed E-state index contributed by atoms with van der Waals surface area (Å²) in [6.07, 6.45) is 4.20. The summed E-state index contributed by atoms with van der Waals surface area (Å²) < 4.78 is 28.3. The van der Waals surface area contributed by atoms with Crippen molar-refractivity contribution in [1.82, 2.24) is 19.5 Å². The first-order chi connectivity index (χ1) is 10.5. The number of carbonyl (C=O) groups is 1. The van der Waals surface area contributed by atoms with Crippen molar-refractivity contribution in [2.24, 2.45) is 0 Å².